The Morgan fingerprint density at radius 2 is 2.00 bits per heavy atom. The Labute approximate surface area is 148 Å². The zero-order chi connectivity index (χ0) is 19.2. The number of nitrogens with one attached hydrogen (secondary N) is 2. The minimum atomic E-state index is -4.17. The average Bonchev–Trinajstić information content (AvgIpc) is 2.60. The Morgan fingerprint density at radius 1 is 1.23 bits per heavy atom. The lowest BCUT2D eigenvalue weighted by Crippen LogP contribution is -2.47. The van der Waals surface area contributed by atoms with Gasteiger partial charge in [-0.1, -0.05) is 6.42 Å². The molecule has 0 aromatic heterocycles. The molecule has 2 rings (SSSR count). The molecule has 1 aromatic rings. The highest BCUT2D eigenvalue weighted by atomic mass is 19.4. The van der Waals surface area contributed by atoms with Gasteiger partial charge >= 0.3 is 6.18 Å². The van der Waals surface area contributed by atoms with Gasteiger partial charge in [-0.2, -0.15) is 13.2 Å². The molecular formula is C17H22F5N3O. The van der Waals surface area contributed by atoms with Crippen LogP contribution in [0.3, 0.4) is 0 Å². The fourth-order valence-electron chi connectivity index (χ4n) is 2.91. The summed E-state index contributed by atoms with van der Waals surface area (Å²) in [6, 6.07) is 2.93. The van der Waals surface area contributed by atoms with Gasteiger partial charge in [0.25, 0.3) is 0 Å². The number of hydrogen-bond donors (Lipinski definition) is 2. The van der Waals surface area contributed by atoms with E-state index in [9.17, 15) is 22.0 Å². The number of halogens is 5. The molecule has 1 aliphatic rings. The summed E-state index contributed by atoms with van der Waals surface area (Å²) in [4.78, 5) is 3.99. The van der Waals surface area contributed by atoms with Crippen LogP contribution in [0.4, 0.5) is 22.0 Å². The summed E-state index contributed by atoms with van der Waals surface area (Å²) in [5.41, 5.74) is 0. The van der Waals surface area contributed by atoms with Crippen LogP contribution < -0.4 is 15.4 Å². The van der Waals surface area contributed by atoms with Crippen LogP contribution >= 0.6 is 0 Å². The number of rotatable bonds is 5. The lowest BCUT2D eigenvalue weighted by Gasteiger charge is -2.31. The largest absolute Gasteiger partial charge is 0.492 e. The summed E-state index contributed by atoms with van der Waals surface area (Å²) in [6.45, 7) is 0.454. The topological polar surface area (TPSA) is 45.7 Å². The molecular weight excluding hydrogens is 357 g/mol. The number of alkyl halides is 3. The SMILES string of the molecule is CN=C(NCCOc1ccc(F)c(F)c1)NC1CCCC(C(F)(F)F)C1. The molecule has 0 heterocycles. The summed E-state index contributed by atoms with van der Waals surface area (Å²) in [5.74, 6) is -2.67. The minimum Gasteiger partial charge on any atom is -0.492 e. The van der Waals surface area contributed by atoms with Crippen LogP contribution in [0.1, 0.15) is 25.7 Å². The molecule has 2 atom stereocenters. The van der Waals surface area contributed by atoms with E-state index in [1.165, 1.54) is 13.1 Å². The van der Waals surface area contributed by atoms with Gasteiger partial charge < -0.3 is 15.4 Å². The van der Waals surface area contributed by atoms with Crippen molar-refractivity contribution in [2.75, 3.05) is 20.2 Å². The van der Waals surface area contributed by atoms with Gasteiger partial charge in [-0.25, -0.2) is 8.78 Å². The van der Waals surface area contributed by atoms with E-state index in [2.05, 4.69) is 15.6 Å². The Kier molecular flexibility index (Phi) is 7.05. The molecule has 146 valence electrons. The fourth-order valence-corrected chi connectivity index (χ4v) is 2.91. The number of aliphatic imine (C=N–C) groups is 1. The first kappa shape index (κ1) is 20.3. The van der Waals surface area contributed by atoms with E-state index in [0.717, 1.165) is 12.1 Å². The number of ether oxygens (including phenoxy) is 1. The maximum Gasteiger partial charge on any atom is 0.391 e. The van der Waals surface area contributed by atoms with Crippen molar-refractivity contribution in [3.63, 3.8) is 0 Å². The van der Waals surface area contributed by atoms with Crippen LogP contribution in [0.25, 0.3) is 0 Å². The van der Waals surface area contributed by atoms with Crippen molar-refractivity contribution < 1.29 is 26.7 Å². The third-order valence-electron chi connectivity index (χ3n) is 4.26. The standard InChI is InChI=1S/C17H22F5N3O/c1-23-16(25-12-4-2-3-11(9-12)17(20,21)22)24-7-8-26-13-5-6-14(18)15(19)10-13/h5-6,10-12H,2-4,7-9H2,1H3,(H2,23,24,25). The maximum absolute atomic E-state index is 13.1. The zero-order valence-electron chi connectivity index (χ0n) is 14.4. The lowest BCUT2D eigenvalue weighted by atomic mass is 9.85. The molecule has 2 N–H and O–H groups in total. The van der Waals surface area contributed by atoms with Crippen LogP contribution in [-0.2, 0) is 0 Å². The molecule has 0 saturated heterocycles. The number of guanidine groups is 1. The summed E-state index contributed by atoms with van der Waals surface area (Å²) >= 11 is 0. The summed E-state index contributed by atoms with van der Waals surface area (Å²) in [5, 5.41) is 5.93. The lowest BCUT2D eigenvalue weighted by molar-refractivity contribution is -0.183. The third-order valence-corrected chi connectivity index (χ3v) is 4.26. The normalized spacial score (nSPS) is 21.4. The van der Waals surface area contributed by atoms with Crippen LogP contribution in [-0.4, -0.2) is 38.4 Å². The maximum atomic E-state index is 13.1. The molecule has 4 nitrogen and oxygen atoms in total. The molecule has 0 bridgehead atoms. The molecule has 1 aliphatic carbocycles. The van der Waals surface area contributed by atoms with Gasteiger partial charge in [-0.3, -0.25) is 4.99 Å². The molecule has 2 unspecified atom stereocenters. The molecule has 0 spiro atoms. The van der Waals surface area contributed by atoms with E-state index < -0.39 is 23.7 Å². The van der Waals surface area contributed by atoms with Crippen LogP contribution in [0.2, 0.25) is 0 Å². The van der Waals surface area contributed by atoms with Crippen molar-refractivity contribution >= 4 is 5.96 Å². The van der Waals surface area contributed by atoms with Crippen LogP contribution in [0.15, 0.2) is 23.2 Å². The van der Waals surface area contributed by atoms with Crippen molar-refractivity contribution in [3.05, 3.63) is 29.8 Å². The molecule has 9 heteroatoms. The van der Waals surface area contributed by atoms with Crippen molar-refractivity contribution in [3.8, 4) is 5.75 Å². The van der Waals surface area contributed by atoms with Crippen LogP contribution in [0.5, 0.6) is 5.75 Å². The first-order chi connectivity index (χ1) is 12.3. The van der Waals surface area contributed by atoms with E-state index in [0.29, 0.717) is 25.3 Å². The molecule has 1 saturated carbocycles. The van der Waals surface area contributed by atoms with Gasteiger partial charge in [0.15, 0.2) is 17.6 Å². The van der Waals surface area contributed by atoms with E-state index in [1.54, 1.807) is 0 Å². The predicted octanol–water partition coefficient (Wildman–Crippen LogP) is 3.63. The molecule has 0 aliphatic heterocycles. The first-order valence-electron chi connectivity index (χ1n) is 8.41. The van der Waals surface area contributed by atoms with E-state index in [1.807, 2.05) is 0 Å². The molecule has 26 heavy (non-hydrogen) atoms. The minimum absolute atomic E-state index is 0.0234. The number of benzene rings is 1. The van der Waals surface area contributed by atoms with E-state index >= 15 is 0 Å². The number of nitrogens with zero attached hydrogens (tertiary/aromatic N) is 1. The van der Waals surface area contributed by atoms with Gasteiger partial charge in [-0.15, -0.1) is 0 Å². The highest BCUT2D eigenvalue weighted by Gasteiger charge is 2.42. The smallest absolute Gasteiger partial charge is 0.391 e. The first-order valence-corrected chi connectivity index (χ1v) is 8.41. The molecule has 0 radical (unpaired) electrons. The summed E-state index contributed by atoms with van der Waals surface area (Å²) in [6.07, 6.45) is -2.82. The monoisotopic (exact) mass is 379 g/mol. The molecule has 0 amide bonds. The van der Waals surface area contributed by atoms with E-state index in [4.69, 9.17) is 4.74 Å². The predicted molar refractivity (Wildman–Crippen MR) is 88.2 cm³/mol. The Balaban J connectivity index is 1.74. The Hall–Kier alpha value is -2.06. The molecule has 1 aromatic carbocycles. The second kappa shape index (κ2) is 9.05. The summed E-state index contributed by atoms with van der Waals surface area (Å²) in [7, 11) is 1.52. The Bertz CT molecular complexity index is 621. The van der Waals surface area contributed by atoms with Crippen molar-refractivity contribution in [1.82, 2.24) is 10.6 Å². The van der Waals surface area contributed by atoms with Crippen LogP contribution in [0, 0.1) is 17.6 Å². The van der Waals surface area contributed by atoms with Crippen molar-refractivity contribution in [1.29, 1.82) is 0 Å². The summed E-state index contributed by atoms with van der Waals surface area (Å²) < 4.78 is 69.8. The van der Waals surface area contributed by atoms with Gasteiger partial charge in [0.1, 0.15) is 12.4 Å². The van der Waals surface area contributed by atoms with Gasteiger partial charge in [0, 0.05) is 19.2 Å². The fraction of sp³-hybridized carbons (Fsp3) is 0.588. The van der Waals surface area contributed by atoms with E-state index in [-0.39, 0.29) is 31.2 Å². The van der Waals surface area contributed by atoms with Crippen molar-refractivity contribution in [2.45, 2.75) is 37.9 Å². The van der Waals surface area contributed by atoms with Gasteiger partial charge in [0.05, 0.1) is 12.5 Å². The second-order valence-corrected chi connectivity index (χ2v) is 6.17. The zero-order valence-corrected chi connectivity index (χ0v) is 14.4. The highest BCUT2D eigenvalue weighted by molar-refractivity contribution is 5.79. The quantitative estimate of drug-likeness (QED) is 0.355. The highest BCUT2D eigenvalue weighted by Crippen LogP contribution is 2.37. The Morgan fingerprint density at radius 3 is 2.65 bits per heavy atom. The molecule has 1 fully saturated rings. The van der Waals surface area contributed by atoms with Gasteiger partial charge in [-0.05, 0) is 31.4 Å². The van der Waals surface area contributed by atoms with Crippen molar-refractivity contribution in [2.24, 2.45) is 10.9 Å². The average molecular weight is 379 g/mol. The third kappa shape index (κ3) is 6.03. The number of hydrogen-bond acceptors (Lipinski definition) is 2. The van der Waals surface area contributed by atoms with Gasteiger partial charge in [0.2, 0.25) is 0 Å². The second-order valence-electron chi connectivity index (χ2n) is 6.17.